The van der Waals surface area contributed by atoms with Crippen LogP contribution >= 0.6 is 0 Å². The second-order valence-corrected chi connectivity index (χ2v) is 6.48. The Balaban J connectivity index is 1.57. The Kier molecular flexibility index (Phi) is 6.80. The predicted octanol–water partition coefficient (Wildman–Crippen LogP) is 1.95. The number of hydrogen-bond acceptors (Lipinski definition) is 3. The first-order valence-corrected chi connectivity index (χ1v) is 8.31. The number of ether oxygens (including phenoxy) is 1. The zero-order chi connectivity index (χ0) is 14.2. The lowest BCUT2D eigenvalue weighted by Gasteiger charge is -2.28. The number of carbonyl (C=O) groups excluding carboxylic acids is 1. The van der Waals surface area contributed by atoms with Crippen molar-refractivity contribution in [3.8, 4) is 0 Å². The van der Waals surface area contributed by atoms with Gasteiger partial charge >= 0.3 is 0 Å². The van der Waals surface area contributed by atoms with Crippen molar-refractivity contribution in [2.75, 3.05) is 32.8 Å². The Bertz CT molecular complexity index is 284. The van der Waals surface area contributed by atoms with E-state index >= 15 is 0 Å². The third-order valence-corrected chi connectivity index (χ3v) is 4.86. The van der Waals surface area contributed by atoms with Crippen molar-refractivity contribution in [1.29, 1.82) is 0 Å². The van der Waals surface area contributed by atoms with Gasteiger partial charge in [-0.2, -0.15) is 0 Å². The minimum absolute atomic E-state index is 0.232. The summed E-state index contributed by atoms with van der Waals surface area (Å²) >= 11 is 0. The Morgan fingerprint density at radius 2 is 2.15 bits per heavy atom. The molecule has 2 heterocycles. The van der Waals surface area contributed by atoms with Gasteiger partial charge in [-0.1, -0.05) is 6.92 Å². The molecule has 4 nitrogen and oxygen atoms in total. The summed E-state index contributed by atoms with van der Waals surface area (Å²) in [6, 6.07) is 0. The van der Waals surface area contributed by atoms with Gasteiger partial charge in [-0.3, -0.25) is 4.79 Å². The lowest BCUT2D eigenvalue weighted by molar-refractivity contribution is -0.122. The van der Waals surface area contributed by atoms with Crippen LogP contribution < -0.4 is 10.6 Å². The molecule has 2 rings (SSSR count). The van der Waals surface area contributed by atoms with Gasteiger partial charge in [0.25, 0.3) is 0 Å². The van der Waals surface area contributed by atoms with Crippen LogP contribution in [0, 0.1) is 17.8 Å². The van der Waals surface area contributed by atoms with E-state index in [1.807, 2.05) is 0 Å². The molecule has 2 N–H and O–H groups in total. The molecule has 0 aliphatic carbocycles. The predicted molar refractivity (Wildman–Crippen MR) is 80.5 cm³/mol. The Morgan fingerprint density at radius 3 is 2.85 bits per heavy atom. The van der Waals surface area contributed by atoms with Gasteiger partial charge in [0, 0.05) is 26.2 Å². The molecule has 2 unspecified atom stereocenters. The second kappa shape index (κ2) is 8.63. The number of hydrogen-bond donors (Lipinski definition) is 2. The Morgan fingerprint density at radius 1 is 1.35 bits per heavy atom. The van der Waals surface area contributed by atoms with Gasteiger partial charge in [0.1, 0.15) is 0 Å². The van der Waals surface area contributed by atoms with Crippen molar-refractivity contribution in [2.24, 2.45) is 17.8 Å². The molecule has 2 saturated heterocycles. The molecule has 0 radical (unpaired) electrons. The van der Waals surface area contributed by atoms with E-state index in [0.29, 0.717) is 18.3 Å². The van der Waals surface area contributed by atoms with Crippen LogP contribution in [0.3, 0.4) is 0 Å². The third kappa shape index (κ3) is 5.41. The highest BCUT2D eigenvalue weighted by Crippen LogP contribution is 2.22. The largest absolute Gasteiger partial charge is 0.381 e. The van der Waals surface area contributed by atoms with Gasteiger partial charge in [0.2, 0.25) is 5.91 Å². The maximum atomic E-state index is 12.0. The summed E-state index contributed by atoms with van der Waals surface area (Å²) < 4.78 is 5.35. The van der Waals surface area contributed by atoms with Crippen LogP contribution in [0.1, 0.15) is 45.4 Å². The fourth-order valence-corrected chi connectivity index (χ4v) is 3.35. The summed E-state index contributed by atoms with van der Waals surface area (Å²) in [5, 5.41) is 6.53. The molecular formula is C16H30N2O2. The van der Waals surface area contributed by atoms with Crippen LogP contribution in [0.2, 0.25) is 0 Å². The lowest BCUT2D eigenvalue weighted by atomic mass is 9.85. The summed E-state index contributed by atoms with van der Waals surface area (Å²) in [4.78, 5) is 12.0. The molecule has 2 aliphatic heterocycles. The summed E-state index contributed by atoms with van der Waals surface area (Å²) in [7, 11) is 0. The molecule has 0 bridgehead atoms. The molecule has 1 amide bonds. The van der Waals surface area contributed by atoms with Crippen LogP contribution in [-0.4, -0.2) is 38.8 Å². The second-order valence-electron chi connectivity index (χ2n) is 6.48. The first-order valence-electron chi connectivity index (χ1n) is 8.31. The lowest BCUT2D eigenvalue weighted by Crippen LogP contribution is -2.36. The molecule has 2 aliphatic rings. The zero-order valence-electron chi connectivity index (χ0n) is 12.8. The van der Waals surface area contributed by atoms with E-state index in [2.05, 4.69) is 17.6 Å². The summed E-state index contributed by atoms with van der Waals surface area (Å²) in [5.41, 5.74) is 0. The van der Waals surface area contributed by atoms with Crippen molar-refractivity contribution in [2.45, 2.75) is 45.4 Å². The molecule has 116 valence electrons. The summed E-state index contributed by atoms with van der Waals surface area (Å²) in [6.45, 7) is 7.06. The first-order chi connectivity index (χ1) is 9.75. The highest BCUT2D eigenvalue weighted by molar-refractivity contribution is 5.76. The van der Waals surface area contributed by atoms with Gasteiger partial charge in [-0.15, -0.1) is 0 Å². The van der Waals surface area contributed by atoms with E-state index in [1.165, 1.54) is 12.8 Å². The van der Waals surface area contributed by atoms with E-state index in [0.717, 1.165) is 58.0 Å². The maximum Gasteiger partial charge on any atom is 0.220 e. The number of nitrogens with one attached hydrogen (secondary N) is 2. The normalized spacial score (nSPS) is 26.1. The molecule has 20 heavy (non-hydrogen) atoms. The molecule has 2 fully saturated rings. The molecule has 2 atom stereocenters. The van der Waals surface area contributed by atoms with Crippen LogP contribution in [0.4, 0.5) is 0 Å². The van der Waals surface area contributed by atoms with Crippen molar-refractivity contribution >= 4 is 5.91 Å². The first kappa shape index (κ1) is 15.8. The zero-order valence-corrected chi connectivity index (χ0v) is 12.8. The summed E-state index contributed by atoms with van der Waals surface area (Å²) in [6.07, 6.45) is 6.61. The highest BCUT2D eigenvalue weighted by atomic mass is 16.5. The average Bonchev–Trinajstić information content (AvgIpc) is 2.49. The molecule has 0 aromatic heterocycles. The molecular weight excluding hydrogens is 252 g/mol. The van der Waals surface area contributed by atoms with Crippen molar-refractivity contribution < 1.29 is 9.53 Å². The number of carbonyl (C=O) groups is 1. The monoisotopic (exact) mass is 282 g/mol. The third-order valence-electron chi connectivity index (χ3n) is 4.86. The topological polar surface area (TPSA) is 50.4 Å². The van der Waals surface area contributed by atoms with Crippen molar-refractivity contribution in [1.82, 2.24) is 10.6 Å². The molecule has 4 heteroatoms. The number of rotatable bonds is 6. The van der Waals surface area contributed by atoms with Crippen molar-refractivity contribution in [3.05, 3.63) is 0 Å². The van der Waals surface area contributed by atoms with E-state index < -0.39 is 0 Å². The Hall–Kier alpha value is -0.610. The fraction of sp³-hybridized carbons (Fsp3) is 0.938. The van der Waals surface area contributed by atoms with Crippen LogP contribution in [-0.2, 0) is 9.53 Å². The van der Waals surface area contributed by atoms with Gasteiger partial charge in [0.15, 0.2) is 0 Å². The van der Waals surface area contributed by atoms with Crippen LogP contribution in [0.5, 0.6) is 0 Å². The molecule has 0 spiro atoms. The average molecular weight is 282 g/mol. The standard InChI is InChI=1S/C16H30N2O2/c1-13(15-3-2-7-17-12-15)11-16(19)18-8-4-14-5-9-20-10-6-14/h13-15,17H,2-12H2,1H3,(H,18,19). The molecule has 0 aromatic carbocycles. The van der Waals surface area contributed by atoms with Gasteiger partial charge in [-0.05, 0) is 62.9 Å². The van der Waals surface area contributed by atoms with E-state index in [4.69, 9.17) is 4.74 Å². The van der Waals surface area contributed by atoms with Gasteiger partial charge < -0.3 is 15.4 Å². The quantitative estimate of drug-likeness (QED) is 0.783. The highest BCUT2D eigenvalue weighted by Gasteiger charge is 2.22. The minimum Gasteiger partial charge on any atom is -0.381 e. The summed E-state index contributed by atoms with van der Waals surface area (Å²) in [5.74, 6) is 2.13. The van der Waals surface area contributed by atoms with Crippen molar-refractivity contribution in [3.63, 3.8) is 0 Å². The SMILES string of the molecule is CC(CC(=O)NCCC1CCOCC1)C1CCCNC1. The van der Waals surface area contributed by atoms with Crippen LogP contribution in [0.25, 0.3) is 0 Å². The number of amides is 1. The smallest absolute Gasteiger partial charge is 0.220 e. The van der Waals surface area contributed by atoms with E-state index in [1.54, 1.807) is 0 Å². The van der Waals surface area contributed by atoms with Gasteiger partial charge in [0.05, 0.1) is 0 Å². The molecule has 0 aromatic rings. The van der Waals surface area contributed by atoms with Gasteiger partial charge in [-0.25, -0.2) is 0 Å². The van der Waals surface area contributed by atoms with Crippen LogP contribution in [0.15, 0.2) is 0 Å². The molecule has 0 saturated carbocycles. The van der Waals surface area contributed by atoms with E-state index in [9.17, 15) is 4.79 Å². The minimum atomic E-state index is 0.232. The van der Waals surface area contributed by atoms with E-state index in [-0.39, 0.29) is 5.91 Å². The maximum absolute atomic E-state index is 12.0. The number of piperidine rings is 1. The Labute approximate surface area is 123 Å². The fourth-order valence-electron chi connectivity index (χ4n) is 3.35.